The van der Waals surface area contributed by atoms with Crippen molar-refractivity contribution in [2.45, 2.75) is 24.9 Å². The Morgan fingerprint density at radius 2 is 1.96 bits per heavy atom. The second-order valence-corrected chi connectivity index (χ2v) is 7.21. The first-order valence-corrected chi connectivity index (χ1v) is 9.38. The summed E-state index contributed by atoms with van der Waals surface area (Å²) < 4.78 is 11.1. The molecule has 1 aliphatic heterocycles. The smallest absolute Gasteiger partial charge is 0.320 e. The predicted molar refractivity (Wildman–Crippen MR) is 105 cm³/mol. The van der Waals surface area contributed by atoms with Gasteiger partial charge >= 0.3 is 5.97 Å². The van der Waals surface area contributed by atoms with Crippen molar-refractivity contribution in [3.8, 4) is 11.5 Å². The fourth-order valence-electron chi connectivity index (χ4n) is 3.72. The number of carbonyl (C=O) groups is 1. The first-order valence-electron chi connectivity index (χ1n) is 8.62. The molecule has 2 atom stereocenters. The van der Waals surface area contributed by atoms with Gasteiger partial charge in [0.05, 0.1) is 30.3 Å². The lowest BCUT2D eigenvalue weighted by atomic mass is 9.95. The Labute approximate surface area is 168 Å². The van der Waals surface area contributed by atoms with E-state index in [4.69, 9.17) is 32.7 Å². The SMILES string of the molecule is COc1cccc(C(c2ccc(Cl)c(Cl)c2)N2CCCC2C(=O)O)c1OC. The van der Waals surface area contributed by atoms with Crippen LogP contribution >= 0.6 is 23.2 Å². The van der Waals surface area contributed by atoms with E-state index in [0.29, 0.717) is 34.5 Å². The average Bonchev–Trinajstić information content (AvgIpc) is 3.14. The van der Waals surface area contributed by atoms with Crippen LogP contribution in [-0.2, 0) is 4.79 Å². The zero-order valence-electron chi connectivity index (χ0n) is 15.1. The van der Waals surface area contributed by atoms with E-state index in [9.17, 15) is 9.90 Å². The van der Waals surface area contributed by atoms with Gasteiger partial charge in [-0.05, 0) is 36.6 Å². The lowest BCUT2D eigenvalue weighted by molar-refractivity contribution is -0.142. The molecule has 2 unspecified atom stereocenters. The fraction of sp³-hybridized carbons (Fsp3) is 0.350. The molecular formula is C20H21Cl2NO4. The van der Waals surface area contributed by atoms with E-state index >= 15 is 0 Å². The highest BCUT2D eigenvalue weighted by Gasteiger charge is 2.38. The van der Waals surface area contributed by atoms with Crippen LogP contribution in [0.25, 0.3) is 0 Å². The van der Waals surface area contributed by atoms with E-state index in [2.05, 4.69) is 0 Å². The zero-order chi connectivity index (χ0) is 19.6. The summed E-state index contributed by atoms with van der Waals surface area (Å²) in [6, 6.07) is 10.0. The Morgan fingerprint density at radius 1 is 1.19 bits per heavy atom. The summed E-state index contributed by atoms with van der Waals surface area (Å²) in [6.07, 6.45) is 1.40. The highest BCUT2D eigenvalue weighted by Crippen LogP contribution is 2.43. The van der Waals surface area contributed by atoms with E-state index in [1.807, 2.05) is 29.2 Å². The van der Waals surface area contributed by atoms with E-state index in [0.717, 1.165) is 17.5 Å². The fourth-order valence-corrected chi connectivity index (χ4v) is 4.03. The van der Waals surface area contributed by atoms with Gasteiger partial charge in [-0.1, -0.05) is 41.4 Å². The number of carboxylic acid groups (broad SMARTS) is 1. The number of ether oxygens (including phenoxy) is 2. The minimum absolute atomic E-state index is 0.353. The van der Waals surface area contributed by atoms with Crippen molar-refractivity contribution in [2.24, 2.45) is 0 Å². The summed E-state index contributed by atoms with van der Waals surface area (Å²) in [6.45, 7) is 0.655. The van der Waals surface area contributed by atoms with E-state index in [1.165, 1.54) is 0 Å². The lowest BCUT2D eigenvalue weighted by Crippen LogP contribution is -2.39. The third-order valence-electron chi connectivity index (χ3n) is 4.90. The van der Waals surface area contributed by atoms with E-state index < -0.39 is 12.0 Å². The number of halogens is 2. The predicted octanol–water partition coefficient (Wildman–Crippen LogP) is 4.65. The van der Waals surface area contributed by atoms with Gasteiger partial charge in [-0.15, -0.1) is 0 Å². The molecule has 0 saturated carbocycles. The summed E-state index contributed by atoms with van der Waals surface area (Å²) >= 11 is 12.4. The number of aliphatic carboxylic acids is 1. The van der Waals surface area contributed by atoms with Crippen LogP contribution in [0.2, 0.25) is 10.0 Å². The molecule has 1 N–H and O–H groups in total. The van der Waals surface area contributed by atoms with Crippen molar-refractivity contribution >= 4 is 29.2 Å². The third kappa shape index (κ3) is 3.86. The van der Waals surface area contributed by atoms with Crippen molar-refractivity contribution in [3.63, 3.8) is 0 Å². The van der Waals surface area contributed by atoms with Gasteiger partial charge in [0, 0.05) is 12.1 Å². The second kappa shape index (κ2) is 8.38. The van der Waals surface area contributed by atoms with E-state index in [1.54, 1.807) is 26.4 Å². The van der Waals surface area contributed by atoms with Gasteiger partial charge in [0.15, 0.2) is 11.5 Å². The van der Waals surface area contributed by atoms with Gasteiger partial charge in [-0.25, -0.2) is 0 Å². The average molecular weight is 410 g/mol. The quantitative estimate of drug-likeness (QED) is 0.752. The van der Waals surface area contributed by atoms with Crippen LogP contribution in [0.5, 0.6) is 11.5 Å². The van der Waals surface area contributed by atoms with Gasteiger partial charge in [-0.3, -0.25) is 9.69 Å². The Balaban J connectivity index is 2.19. The molecule has 27 heavy (non-hydrogen) atoms. The standard InChI is InChI=1S/C20H21Cl2NO4/c1-26-17-7-3-5-13(19(17)27-2)18(12-8-9-14(21)15(22)11-12)23-10-4-6-16(23)20(24)25/h3,5,7-9,11,16,18H,4,6,10H2,1-2H3,(H,24,25). The summed E-state index contributed by atoms with van der Waals surface area (Å²) in [4.78, 5) is 13.8. The zero-order valence-corrected chi connectivity index (χ0v) is 16.6. The van der Waals surface area contributed by atoms with Crippen molar-refractivity contribution < 1.29 is 19.4 Å². The van der Waals surface area contributed by atoms with E-state index in [-0.39, 0.29) is 6.04 Å². The summed E-state index contributed by atoms with van der Waals surface area (Å²) in [5, 5.41) is 10.6. The molecule has 1 heterocycles. The molecule has 0 aliphatic carbocycles. The first kappa shape index (κ1) is 19.8. The minimum atomic E-state index is -0.834. The monoisotopic (exact) mass is 409 g/mol. The molecule has 2 aromatic carbocycles. The molecule has 0 amide bonds. The molecule has 3 rings (SSSR count). The Hall–Kier alpha value is -1.95. The van der Waals surface area contributed by atoms with Crippen LogP contribution in [0, 0.1) is 0 Å². The van der Waals surface area contributed by atoms with Crippen LogP contribution in [0.4, 0.5) is 0 Å². The number of carboxylic acids is 1. The van der Waals surface area contributed by atoms with Crippen LogP contribution in [0.1, 0.15) is 30.0 Å². The topological polar surface area (TPSA) is 59.0 Å². The van der Waals surface area contributed by atoms with Crippen LogP contribution in [0.15, 0.2) is 36.4 Å². The number of hydrogen-bond acceptors (Lipinski definition) is 4. The van der Waals surface area contributed by atoms with Gasteiger partial charge in [-0.2, -0.15) is 0 Å². The molecule has 0 aromatic heterocycles. The molecule has 144 valence electrons. The Morgan fingerprint density at radius 3 is 2.59 bits per heavy atom. The number of nitrogens with zero attached hydrogens (tertiary/aromatic N) is 1. The van der Waals surface area contributed by atoms with Gasteiger partial charge in [0.25, 0.3) is 0 Å². The molecule has 1 saturated heterocycles. The molecule has 5 nitrogen and oxygen atoms in total. The summed E-state index contributed by atoms with van der Waals surface area (Å²) in [7, 11) is 3.15. The van der Waals surface area contributed by atoms with Crippen molar-refractivity contribution in [3.05, 3.63) is 57.6 Å². The number of rotatable bonds is 6. The molecule has 0 bridgehead atoms. The highest BCUT2D eigenvalue weighted by atomic mass is 35.5. The maximum atomic E-state index is 11.8. The minimum Gasteiger partial charge on any atom is -0.493 e. The van der Waals surface area contributed by atoms with Gasteiger partial charge in [0.2, 0.25) is 0 Å². The second-order valence-electron chi connectivity index (χ2n) is 6.39. The van der Waals surface area contributed by atoms with Crippen molar-refractivity contribution in [2.75, 3.05) is 20.8 Å². The number of para-hydroxylation sites is 1. The van der Waals surface area contributed by atoms with Crippen LogP contribution in [0.3, 0.4) is 0 Å². The molecule has 7 heteroatoms. The molecule has 0 spiro atoms. The molecule has 0 radical (unpaired) electrons. The largest absolute Gasteiger partial charge is 0.493 e. The van der Waals surface area contributed by atoms with Crippen LogP contribution in [-0.4, -0.2) is 42.8 Å². The summed E-state index contributed by atoms with van der Waals surface area (Å²) in [5.41, 5.74) is 1.67. The maximum absolute atomic E-state index is 11.8. The molecule has 2 aromatic rings. The molecule has 1 aliphatic rings. The lowest BCUT2D eigenvalue weighted by Gasteiger charge is -2.33. The Kier molecular flexibility index (Phi) is 6.15. The number of hydrogen-bond donors (Lipinski definition) is 1. The third-order valence-corrected chi connectivity index (χ3v) is 5.64. The number of methoxy groups -OCH3 is 2. The first-order chi connectivity index (χ1) is 13.0. The summed E-state index contributed by atoms with van der Waals surface area (Å²) in [5.74, 6) is 0.331. The number of benzene rings is 2. The normalized spacial score (nSPS) is 18.3. The van der Waals surface area contributed by atoms with Crippen molar-refractivity contribution in [1.29, 1.82) is 0 Å². The van der Waals surface area contributed by atoms with Crippen molar-refractivity contribution in [1.82, 2.24) is 4.90 Å². The maximum Gasteiger partial charge on any atom is 0.320 e. The van der Waals surface area contributed by atoms with Gasteiger partial charge < -0.3 is 14.6 Å². The van der Waals surface area contributed by atoms with Crippen LogP contribution < -0.4 is 9.47 Å². The molecule has 1 fully saturated rings. The number of likely N-dealkylation sites (tertiary alicyclic amines) is 1. The highest BCUT2D eigenvalue weighted by molar-refractivity contribution is 6.42. The Bertz CT molecular complexity index is 843. The van der Waals surface area contributed by atoms with Gasteiger partial charge in [0.1, 0.15) is 6.04 Å². The molecular weight excluding hydrogens is 389 g/mol.